The van der Waals surface area contributed by atoms with Crippen molar-refractivity contribution >= 4 is 23.7 Å². The maximum Gasteiger partial charge on any atom is 0.245 e. The summed E-state index contributed by atoms with van der Waals surface area (Å²) < 4.78 is 29.1. The zero-order valence-corrected chi connectivity index (χ0v) is 15.3. The van der Waals surface area contributed by atoms with Gasteiger partial charge in [-0.1, -0.05) is 0 Å². The Morgan fingerprint density at radius 2 is 2.00 bits per heavy atom. The van der Waals surface area contributed by atoms with E-state index in [1.165, 1.54) is 0 Å². The number of alkyl halides is 2. The van der Waals surface area contributed by atoms with Gasteiger partial charge in [0.2, 0.25) is 12.4 Å². The fourth-order valence-corrected chi connectivity index (χ4v) is 3.17. The highest BCUT2D eigenvalue weighted by Gasteiger charge is 2.31. The Hall–Kier alpha value is -2.91. The number of hydrogen-bond donors (Lipinski definition) is 0. The number of anilines is 1. The second kappa shape index (κ2) is 6.67. The largest absolute Gasteiger partial charge is 0.339 e. The zero-order chi connectivity index (χ0) is 19.1. The molecule has 1 saturated heterocycles. The molecule has 1 aliphatic rings. The summed E-state index contributed by atoms with van der Waals surface area (Å²) in [7, 11) is 1.77. The molecule has 10 heteroatoms. The average molecular weight is 374 g/mol. The van der Waals surface area contributed by atoms with Crippen LogP contribution < -0.4 is 4.90 Å². The molecule has 27 heavy (non-hydrogen) atoms. The lowest BCUT2D eigenvalue weighted by Gasteiger charge is -2.13. The minimum Gasteiger partial charge on any atom is -0.339 e. The molecule has 4 rings (SSSR count). The Morgan fingerprint density at radius 1 is 1.19 bits per heavy atom. The van der Waals surface area contributed by atoms with Crippen LogP contribution in [0.3, 0.4) is 0 Å². The van der Waals surface area contributed by atoms with Crippen molar-refractivity contribution in [1.29, 1.82) is 0 Å². The van der Waals surface area contributed by atoms with E-state index in [-0.39, 0.29) is 6.54 Å². The molecule has 1 aliphatic heterocycles. The summed E-state index contributed by atoms with van der Waals surface area (Å²) in [5.74, 6) is 1.00. The van der Waals surface area contributed by atoms with Gasteiger partial charge < -0.3 is 4.90 Å². The number of hydrogen-bond acceptors (Lipinski definition) is 6. The van der Waals surface area contributed by atoms with Gasteiger partial charge >= 0.3 is 0 Å². The van der Waals surface area contributed by atoms with Crippen molar-refractivity contribution in [3.63, 3.8) is 0 Å². The number of nitrogens with zero attached hydrogens (tertiary/aromatic N) is 8. The van der Waals surface area contributed by atoms with Crippen molar-refractivity contribution in [2.45, 2.75) is 26.7 Å². The highest BCUT2D eigenvalue weighted by atomic mass is 19.3. The van der Waals surface area contributed by atoms with E-state index in [0.29, 0.717) is 36.2 Å². The van der Waals surface area contributed by atoms with Crippen LogP contribution in [-0.2, 0) is 7.05 Å². The predicted octanol–water partition coefficient (Wildman–Crippen LogP) is 2.13. The molecule has 0 aliphatic carbocycles. The van der Waals surface area contributed by atoms with E-state index in [0.717, 1.165) is 11.4 Å². The van der Waals surface area contributed by atoms with Gasteiger partial charge in [-0.3, -0.25) is 4.98 Å². The van der Waals surface area contributed by atoms with E-state index in [4.69, 9.17) is 0 Å². The quantitative estimate of drug-likeness (QED) is 0.696. The van der Waals surface area contributed by atoms with E-state index < -0.39 is 12.3 Å². The second-order valence-electron chi connectivity index (χ2n) is 6.75. The number of aromatic nitrogens is 7. The average Bonchev–Trinajstić information content (AvgIpc) is 3.34. The number of fused-ring (bicyclic) bond motifs is 1. The van der Waals surface area contributed by atoms with Crippen LogP contribution >= 0.6 is 0 Å². The van der Waals surface area contributed by atoms with Crippen molar-refractivity contribution in [3.05, 3.63) is 29.2 Å². The maximum atomic E-state index is 12.9. The van der Waals surface area contributed by atoms with E-state index in [9.17, 15) is 8.78 Å². The normalized spacial score (nSPS) is 17.9. The Bertz CT molecular complexity index is 967. The molecule has 142 valence electrons. The van der Waals surface area contributed by atoms with Crippen LogP contribution in [0, 0.1) is 19.8 Å². The lowest BCUT2D eigenvalue weighted by molar-refractivity contribution is 0.0879. The van der Waals surface area contributed by atoms with Gasteiger partial charge in [0.1, 0.15) is 0 Å². The first-order valence-corrected chi connectivity index (χ1v) is 8.73. The van der Waals surface area contributed by atoms with Crippen molar-refractivity contribution in [2.24, 2.45) is 13.0 Å². The van der Waals surface area contributed by atoms with Gasteiger partial charge in [-0.05, 0) is 32.4 Å². The third-order valence-electron chi connectivity index (χ3n) is 4.76. The summed E-state index contributed by atoms with van der Waals surface area (Å²) in [6.07, 6.45) is 3.43. The molecule has 0 amide bonds. The molecule has 0 spiro atoms. The van der Waals surface area contributed by atoms with Crippen LogP contribution in [0.5, 0.6) is 0 Å². The van der Waals surface area contributed by atoms with Gasteiger partial charge in [-0.2, -0.15) is 4.98 Å². The molecule has 0 saturated carbocycles. The van der Waals surface area contributed by atoms with Crippen molar-refractivity contribution in [3.8, 4) is 0 Å². The van der Waals surface area contributed by atoms with Crippen LogP contribution in [0.15, 0.2) is 6.20 Å². The Labute approximate surface area is 154 Å². The highest BCUT2D eigenvalue weighted by molar-refractivity contribution is 5.65. The molecular weight excluding hydrogens is 354 g/mol. The molecule has 0 N–H and O–H groups in total. The maximum absolute atomic E-state index is 12.9. The van der Waals surface area contributed by atoms with Gasteiger partial charge in [0.25, 0.3) is 0 Å². The summed E-state index contributed by atoms with van der Waals surface area (Å²) in [6.45, 7) is 4.62. The molecule has 0 bridgehead atoms. The van der Waals surface area contributed by atoms with E-state index in [1.807, 2.05) is 13.8 Å². The number of rotatable bonds is 4. The smallest absolute Gasteiger partial charge is 0.245 e. The molecule has 0 radical (unpaired) electrons. The van der Waals surface area contributed by atoms with Crippen LogP contribution in [0.25, 0.3) is 17.8 Å². The van der Waals surface area contributed by atoms with Crippen molar-refractivity contribution < 1.29 is 8.78 Å². The van der Waals surface area contributed by atoms with Gasteiger partial charge in [-0.15, -0.1) is 10.2 Å². The third kappa shape index (κ3) is 3.26. The lowest BCUT2D eigenvalue weighted by Crippen LogP contribution is -2.23. The number of halogens is 2. The second-order valence-corrected chi connectivity index (χ2v) is 6.75. The van der Waals surface area contributed by atoms with Crippen molar-refractivity contribution in [2.75, 3.05) is 18.0 Å². The fraction of sp³-hybridized carbons (Fsp3) is 0.471. The standard InChI is InChI=1S/C17H20F2N8/c1-10-8-20-11(2)16-21-13(23-27(10)16)4-5-14-22-17(24-25(14)3)26-7-6-12(9-26)15(18)19/h4-5,8,12,15H,6-7,9H2,1-3H3. The Kier molecular flexibility index (Phi) is 4.33. The molecule has 8 nitrogen and oxygen atoms in total. The minimum absolute atomic E-state index is 0.282. The van der Waals surface area contributed by atoms with Crippen molar-refractivity contribution in [1.82, 2.24) is 34.3 Å². The monoisotopic (exact) mass is 374 g/mol. The first kappa shape index (κ1) is 17.5. The molecule has 3 aromatic rings. The summed E-state index contributed by atoms with van der Waals surface area (Å²) in [6, 6.07) is 0. The summed E-state index contributed by atoms with van der Waals surface area (Å²) in [5, 5.41) is 8.81. The van der Waals surface area contributed by atoms with Gasteiger partial charge in [-0.25, -0.2) is 23.0 Å². The topological polar surface area (TPSA) is 77.0 Å². The zero-order valence-electron chi connectivity index (χ0n) is 15.3. The molecule has 3 aromatic heterocycles. The molecule has 1 atom stereocenters. The lowest BCUT2D eigenvalue weighted by atomic mass is 10.1. The minimum atomic E-state index is -2.30. The molecular formula is C17H20F2N8. The van der Waals surface area contributed by atoms with Crippen LogP contribution in [0.1, 0.15) is 29.5 Å². The Morgan fingerprint density at radius 3 is 2.70 bits per heavy atom. The highest BCUT2D eigenvalue weighted by Crippen LogP contribution is 2.25. The van der Waals surface area contributed by atoms with E-state index >= 15 is 0 Å². The first-order chi connectivity index (χ1) is 12.9. The molecule has 1 unspecified atom stereocenters. The van der Waals surface area contributed by atoms with Crippen LogP contribution in [0.2, 0.25) is 0 Å². The SMILES string of the molecule is Cc1ncc(C)n2nc(C=Cc3nc(N4CCC(C(F)F)C4)nn3C)nc12. The fourth-order valence-electron chi connectivity index (χ4n) is 3.17. The van der Waals surface area contributed by atoms with E-state index in [2.05, 4.69) is 25.1 Å². The van der Waals surface area contributed by atoms with Gasteiger partial charge in [0, 0.05) is 32.3 Å². The van der Waals surface area contributed by atoms with Crippen LogP contribution in [-0.4, -0.2) is 53.9 Å². The molecule has 0 aromatic carbocycles. The van der Waals surface area contributed by atoms with Gasteiger partial charge in [0.05, 0.1) is 11.4 Å². The summed E-state index contributed by atoms with van der Waals surface area (Å²) in [5.41, 5.74) is 2.41. The summed E-state index contributed by atoms with van der Waals surface area (Å²) >= 11 is 0. The summed E-state index contributed by atoms with van der Waals surface area (Å²) in [4.78, 5) is 15.0. The predicted molar refractivity (Wildman–Crippen MR) is 96.5 cm³/mol. The molecule has 4 heterocycles. The van der Waals surface area contributed by atoms with Gasteiger partial charge in [0.15, 0.2) is 17.3 Å². The van der Waals surface area contributed by atoms with Crippen LogP contribution in [0.4, 0.5) is 14.7 Å². The molecule has 1 fully saturated rings. The number of aryl methyl sites for hydroxylation is 3. The third-order valence-corrected chi connectivity index (χ3v) is 4.76. The Balaban J connectivity index is 1.56. The first-order valence-electron chi connectivity index (χ1n) is 8.73. The van der Waals surface area contributed by atoms with E-state index in [1.54, 1.807) is 39.5 Å².